The normalized spacial score (nSPS) is 12.0. The van der Waals surface area contributed by atoms with E-state index in [1.807, 2.05) is 13.8 Å². The van der Waals surface area contributed by atoms with E-state index in [0.717, 1.165) is 19.8 Å². The van der Waals surface area contributed by atoms with Crippen molar-refractivity contribution in [3.8, 4) is 0 Å². The molecule has 9 heteroatoms. The molecule has 2 heterocycles. The molecule has 1 amide bonds. The Labute approximate surface area is 170 Å². The average molecular weight is 417 g/mol. The summed E-state index contributed by atoms with van der Waals surface area (Å²) < 4.78 is 19.8. The maximum Gasteiger partial charge on any atom is 0.328 e. The Balaban J connectivity index is 1.59. The first-order valence-corrected chi connectivity index (χ1v) is 9.75. The fourth-order valence-corrected chi connectivity index (χ4v) is 3.80. The summed E-state index contributed by atoms with van der Waals surface area (Å²) in [5.74, 6) is -1.60. The summed E-state index contributed by atoms with van der Waals surface area (Å²) in [6.07, 6.45) is 0.501. The van der Waals surface area contributed by atoms with Gasteiger partial charge in [0.2, 0.25) is 0 Å². The second-order valence-corrected chi connectivity index (χ2v) is 7.86. The Morgan fingerprint density at radius 3 is 2.66 bits per heavy atom. The number of thiophene rings is 1. The summed E-state index contributed by atoms with van der Waals surface area (Å²) in [5.41, 5.74) is 1.21. The van der Waals surface area contributed by atoms with Gasteiger partial charge in [0, 0.05) is 11.4 Å². The van der Waals surface area contributed by atoms with E-state index in [-0.39, 0.29) is 17.9 Å². The lowest BCUT2D eigenvalue weighted by Gasteiger charge is -2.14. The number of carbonyl (C=O) groups excluding carboxylic acids is 2. The molecule has 1 aromatic carbocycles. The van der Waals surface area contributed by atoms with Crippen LogP contribution in [-0.4, -0.2) is 27.8 Å². The Morgan fingerprint density at radius 1 is 1.28 bits per heavy atom. The van der Waals surface area contributed by atoms with Gasteiger partial charge in [-0.2, -0.15) is 5.10 Å². The number of rotatable bonds is 6. The number of carbonyl (C=O) groups is 2. The maximum atomic E-state index is 12.9. The molecule has 0 aliphatic heterocycles. The maximum absolute atomic E-state index is 12.9. The summed E-state index contributed by atoms with van der Waals surface area (Å²) in [7, 11) is 0. The topological polar surface area (TPSA) is 90.3 Å². The van der Waals surface area contributed by atoms with Crippen LogP contribution in [0.1, 0.15) is 22.9 Å². The highest BCUT2D eigenvalue weighted by Crippen LogP contribution is 2.26. The van der Waals surface area contributed by atoms with Gasteiger partial charge in [0.25, 0.3) is 11.5 Å². The van der Waals surface area contributed by atoms with E-state index in [1.54, 1.807) is 18.3 Å². The number of aryl methyl sites for hydroxylation is 2. The van der Waals surface area contributed by atoms with Crippen LogP contribution in [-0.2, 0) is 27.4 Å². The fraction of sp³-hybridized carbons (Fsp3) is 0.300. The van der Waals surface area contributed by atoms with Crippen LogP contribution in [0.3, 0.4) is 0 Å². The van der Waals surface area contributed by atoms with Crippen LogP contribution < -0.4 is 10.9 Å². The number of benzene rings is 1. The van der Waals surface area contributed by atoms with Crippen molar-refractivity contribution in [2.24, 2.45) is 0 Å². The fourth-order valence-electron chi connectivity index (χ4n) is 2.77. The summed E-state index contributed by atoms with van der Waals surface area (Å²) in [4.78, 5) is 37.9. The first-order valence-electron chi connectivity index (χ1n) is 8.93. The summed E-state index contributed by atoms with van der Waals surface area (Å²) in [6, 6.07) is 5.69. The molecule has 0 spiro atoms. The molecule has 1 N–H and O–H groups in total. The number of hydrogen-bond donors (Lipinski definition) is 1. The average Bonchev–Trinajstić information content (AvgIpc) is 2.98. The molecule has 2 aromatic heterocycles. The molecule has 152 valence electrons. The number of ether oxygens (including phenoxy) is 1. The molecule has 0 saturated carbocycles. The number of amides is 1. The summed E-state index contributed by atoms with van der Waals surface area (Å²) in [5, 5.41) is 7.17. The lowest BCUT2D eigenvalue weighted by Crippen LogP contribution is -2.37. The third kappa shape index (κ3) is 4.68. The van der Waals surface area contributed by atoms with Crippen LogP contribution in [0, 0.1) is 19.7 Å². The number of halogens is 1. The molecule has 3 aromatic rings. The van der Waals surface area contributed by atoms with E-state index in [1.165, 1.54) is 30.4 Å². The quantitative estimate of drug-likeness (QED) is 0.623. The Morgan fingerprint density at radius 2 is 1.97 bits per heavy atom. The molecular weight excluding hydrogens is 397 g/mol. The van der Waals surface area contributed by atoms with Crippen molar-refractivity contribution in [1.82, 2.24) is 15.1 Å². The van der Waals surface area contributed by atoms with Crippen molar-refractivity contribution in [3.63, 3.8) is 0 Å². The smallest absolute Gasteiger partial charge is 0.328 e. The molecule has 1 unspecified atom stereocenters. The highest BCUT2D eigenvalue weighted by Gasteiger charge is 2.19. The van der Waals surface area contributed by atoms with Crippen molar-refractivity contribution in [2.45, 2.75) is 40.0 Å². The van der Waals surface area contributed by atoms with Crippen molar-refractivity contribution in [2.75, 3.05) is 0 Å². The second-order valence-electron chi connectivity index (χ2n) is 6.61. The van der Waals surface area contributed by atoms with Crippen molar-refractivity contribution in [1.29, 1.82) is 0 Å². The standard InChI is InChI=1S/C20H20FN3O4S/c1-11-13(3)29-16-9-23-24(20(27)18(11)16)10-17(25)28-12(2)19(26)22-8-14-4-6-15(21)7-5-14/h4-7,9,12H,8,10H2,1-3H3,(H,22,26). The number of hydrogen-bond acceptors (Lipinski definition) is 6. The molecule has 0 saturated heterocycles. The third-order valence-electron chi connectivity index (χ3n) is 4.51. The molecule has 0 aliphatic carbocycles. The molecule has 29 heavy (non-hydrogen) atoms. The number of fused-ring (bicyclic) bond motifs is 1. The predicted molar refractivity (Wildman–Crippen MR) is 107 cm³/mol. The van der Waals surface area contributed by atoms with E-state index in [9.17, 15) is 18.8 Å². The Bertz CT molecular complexity index is 1120. The van der Waals surface area contributed by atoms with Crippen molar-refractivity contribution >= 4 is 33.3 Å². The van der Waals surface area contributed by atoms with Crippen LogP contribution in [0.15, 0.2) is 35.3 Å². The van der Waals surface area contributed by atoms with Gasteiger partial charge in [0.05, 0.1) is 16.3 Å². The Kier molecular flexibility index (Phi) is 6.07. The van der Waals surface area contributed by atoms with E-state index < -0.39 is 24.5 Å². The third-order valence-corrected chi connectivity index (χ3v) is 5.65. The number of nitrogens with one attached hydrogen (secondary N) is 1. The van der Waals surface area contributed by atoms with Gasteiger partial charge in [-0.1, -0.05) is 12.1 Å². The van der Waals surface area contributed by atoms with Crippen LogP contribution >= 0.6 is 11.3 Å². The molecule has 1 atom stereocenters. The molecular formula is C20H20FN3O4S. The highest BCUT2D eigenvalue weighted by atomic mass is 32.1. The van der Waals surface area contributed by atoms with Gasteiger partial charge in [-0.15, -0.1) is 11.3 Å². The lowest BCUT2D eigenvalue weighted by molar-refractivity contribution is -0.155. The van der Waals surface area contributed by atoms with Crippen molar-refractivity contribution in [3.05, 3.63) is 62.6 Å². The molecule has 0 bridgehead atoms. The first-order chi connectivity index (χ1) is 13.8. The predicted octanol–water partition coefficient (Wildman–Crippen LogP) is 2.46. The number of nitrogens with zero attached hydrogens (tertiary/aromatic N) is 2. The van der Waals surface area contributed by atoms with Crippen molar-refractivity contribution < 1.29 is 18.7 Å². The zero-order chi connectivity index (χ0) is 21.1. The zero-order valence-corrected chi connectivity index (χ0v) is 17.0. The van der Waals surface area contributed by atoms with Crippen LogP contribution in [0.25, 0.3) is 10.1 Å². The number of aromatic nitrogens is 2. The monoisotopic (exact) mass is 417 g/mol. The van der Waals surface area contributed by atoms with E-state index in [2.05, 4.69) is 10.4 Å². The van der Waals surface area contributed by atoms with E-state index >= 15 is 0 Å². The van der Waals surface area contributed by atoms with Crippen LogP contribution in [0.5, 0.6) is 0 Å². The minimum absolute atomic E-state index is 0.176. The largest absolute Gasteiger partial charge is 0.451 e. The number of esters is 1. The van der Waals surface area contributed by atoms with Gasteiger partial charge < -0.3 is 10.1 Å². The summed E-state index contributed by atoms with van der Waals surface area (Å²) >= 11 is 1.47. The molecule has 0 radical (unpaired) electrons. The Hall–Kier alpha value is -3.07. The van der Waals surface area contributed by atoms with E-state index in [0.29, 0.717) is 10.9 Å². The van der Waals surface area contributed by atoms with Gasteiger partial charge in [0.15, 0.2) is 6.10 Å². The molecule has 3 rings (SSSR count). The van der Waals surface area contributed by atoms with E-state index in [4.69, 9.17) is 4.74 Å². The molecule has 0 aliphatic rings. The lowest BCUT2D eigenvalue weighted by atomic mass is 10.2. The highest BCUT2D eigenvalue weighted by molar-refractivity contribution is 7.19. The minimum atomic E-state index is -1.05. The van der Waals surface area contributed by atoms with Gasteiger partial charge >= 0.3 is 5.97 Å². The molecule has 7 nitrogen and oxygen atoms in total. The van der Waals surface area contributed by atoms with Gasteiger partial charge in [0.1, 0.15) is 12.4 Å². The van der Waals surface area contributed by atoms with Gasteiger partial charge in [-0.05, 0) is 44.0 Å². The van der Waals surface area contributed by atoms with Gasteiger partial charge in [-0.3, -0.25) is 14.4 Å². The van der Waals surface area contributed by atoms with Crippen LogP contribution in [0.2, 0.25) is 0 Å². The molecule has 0 fully saturated rings. The zero-order valence-electron chi connectivity index (χ0n) is 16.2. The van der Waals surface area contributed by atoms with Crippen LogP contribution in [0.4, 0.5) is 4.39 Å². The minimum Gasteiger partial charge on any atom is -0.451 e. The summed E-state index contributed by atoms with van der Waals surface area (Å²) in [6.45, 7) is 4.99. The SMILES string of the molecule is Cc1sc2cnn(CC(=O)OC(C)C(=O)NCc3ccc(F)cc3)c(=O)c2c1C. The first kappa shape index (κ1) is 20.7. The second kappa shape index (κ2) is 8.52. The van der Waals surface area contributed by atoms with Gasteiger partial charge in [-0.25, -0.2) is 9.07 Å².